The van der Waals surface area contributed by atoms with Gasteiger partial charge in [0.1, 0.15) is 11.4 Å². The number of hydrogen-bond donors (Lipinski definition) is 1. The zero-order valence-electron chi connectivity index (χ0n) is 11.8. The van der Waals surface area contributed by atoms with E-state index in [1.54, 1.807) is 0 Å². The van der Waals surface area contributed by atoms with Gasteiger partial charge in [-0.05, 0) is 43.9 Å². The van der Waals surface area contributed by atoms with E-state index in [9.17, 15) is 0 Å². The van der Waals surface area contributed by atoms with Crippen molar-refractivity contribution in [3.63, 3.8) is 0 Å². The molecule has 1 saturated carbocycles. The molecule has 1 aliphatic heterocycles. The van der Waals surface area contributed by atoms with Crippen LogP contribution in [0, 0.1) is 0 Å². The fourth-order valence-corrected chi connectivity index (χ4v) is 3.70. The molecule has 0 atom stereocenters. The lowest BCUT2D eigenvalue weighted by atomic mass is 9.77. The van der Waals surface area contributed by atoms with Crippen molar-refractivity contribution in [2.24, 2.45) is 5.73 Å². The Kier molecular flexibility index (Phi) is 3.06. The van der Waals surface area contributed by atoms with Gasteiger partial charge < -0.3 is 10.5 Å². The van der Waals surface area contributed by atoms with Crippen LogP contribution in [0.3, 0.4) is 0 Å². The fourth-order valence-electron chi connectivity index (χ4n) is 3.43. The van der Waals surface area contributed by atoms with Gasteiger partial charge in [0.15, 0.2) is 0 Å². The summed E-state index contributed by atoms with van der Waals surface area (Å²) in [6, 6.07) is 4.24. The lowest BCUT2D eigenvalue weighted by Crippen LogP contribution is -2.38. The lowest BCUT2D eigenvalue weighted by molar-refractivity contribution is 0.138. The van der Waals surface area contributed by atoms with Gasteiger partial charge in [-0.25, -0.2) is 0 Å². The molecule has 3 heteroatoms. The molecule has 0 unspecified atom stereocenters. The predicted octanol–water partition coefficient (Wildman–Crippen LogP) is 4.17. The third-order valence-electron chi connectivity index (χ3n) is 4.44. The van der Waals surface area contributed by atoms with Crippen molar-refractivity contribution in [2.75, 3.05) is 0 Å². The van der Waals surface area contributed by atoms with Crippen molar-refractivity contribution in [3.05, 3.63) is 28.3 Å². The summed E-state index contributed by atoms with van der Waals surface area (Å²) in [6.07, 6.45) is 6.76. The van der Waals surface area contributed by atoms with E-state index in [2.05, 4.69) is 19.9 Å². The molecular weight excluding hydrogens is 258 g/mol. The number of ether oxygens (including phenoxy) is 1. The molecule has 3 rings (SSSR count). The van der Waals surface area contributed by atoms with Crippen molar-refractivity contribution in [1.82, 2.24) is 0 Å². The highest BCUT2D eigenvalue weighted by Crippen LogP contribution is 2.44. The number of fused-ring (bicyclic) bond motifs is 1. The second-order valence-corrected chi connectivity index (χ2v) is 7.11. The first-order chi connectivity index (χ1) is 8.90. The molecule has 0 aromatic heterocycles. The Hall–Kier alpha value is -0.730. The number of halogens is 1. The van der Waals surface area contributed by atoms with Crippen LogP contribution in [0.5, 0.6) is 5.75 Å². The van der Waals surface area contributed by atoms with Crippen molar-refractivity contribution in [2.45, 2.75) is 63.5 Å². The third-order valence-corrected chi connectivity index (χ3v) is 4.72. The number of rotatable bonds is 1. The van der Waals surface area contributed by atoms with Gasteiger partial charge in [-0.3, -0.25) is 0 Å². The van der Waals surface area contributed by atoms with E-state index < -0.39 is 0 Å². The maximum atomic E-state index is 6.61. The molecule has 0 saturated heterocycles. The van der Waals surface area contributed by atoms with Gasteiger partial charge in [-0.2, -0.15) is 0 Å². The Bertz CT molecular complexity index is 504. The van der Waals surface area contributed by atoms with Gasteiger partial charge in [0.2, 0.25) is 0 Å². The minimum Gasteiger partial charge on any atom is -0.486 e. The van der Waals surface area contributed by atoms with Crippen LogP contribution >= 0.6 is 11.6 Å². The lowest BCUT2D eigenvalue weighted by Gasteiger charge is -2.34. The molecule has 0 amide bonds. The highest BCUT2D eigenvalue weighted by atomic mass is 35.5. The minimum absolute atomic E-state index is 0.154. The smallest absolute Gasteiger partial charge is 0.142 e. The first-order valence-corrected chi connectivity index (χ1v) is 7.58. The molecule has 2 nitrogen and oxygen atoms in total. The molecule has 1 aromatic carbocycles. The number of hydrogen-bond acceptors (Lipinski definition) is 2. The van der Waals surface area contributed by atoms with E-state index in [4.69, 9.17) is 22.1 Å². The summed E-state index contributed by atoms with van der Waals surface area (Å²) >= 11 is 6.40. The van der Waals surface area contributed by atoms with E-state index in [0.29, 0.717) is 5.02 Å². The van der Waals surface area contributed by atoms with Gasteiger partial charge in [0.05, 0.1) is 5.02 Å². The van der Waals surface area contributed by atoms with E-state index >= 15 is 0 Å². The summed E-state index contributed by atoms with van der Waals surface area (Å²) in [5, 5.41) is 0.716. The average molecular weight is 280 g/mol. The molecule has 1 aliphatic carbocycles. The third kappa shape index (κ3) is 2.36. The molecule has 2 N–H and O–H groups in total. The van der Waals surface area contributed by atoms with Gasteiger partial charge in [-0.1, -0.05) is 36.9 Å². The van der Waals surface area contributed by atoms with Crippen LogP contribution in [-0.2, 0) is 12.0 Å². The monoisotopic (exact) mass is 279 g/mol. The Morgan fingerprint density at radius 2 is 1.84 bits per heavy atom. The Balaban J connectivity index is 2.00. The fraction of sp³-hybridized carbons (Fsp3) is 0.625. The van der Waals surface area contributed by atoms with Crippen LogP contribution in [0.4, 0.5) is 0 Å². The summed E-state index contributed by atoms with van der Waals surface area (Å²) in [5.41, 5.74) is 8.67. The molecule has 104 valence electrons. The molecule has 19 heavy (non-hydrogen) atoms. The van der Waals surface area contributed by atoms with Crippen LogP contribution in [-0.4, -0.2) is 5.60 Å². The predicted molar refractivity (Wildman–Crippen MR) is 78.8 cm³/mol. The minimum atomic E-state index is -0.191. The SMILES string of the molecule is CC1(C)Cc2cc(C3(N)CCCCC3)cc(Cl)c2O1. The Labute approximate surface area is 120 Å². The van der Waals surface area contributed by atoms with Crippen LogP contribution in [0.15, 0.2) is 12.1 Å². The average Bonchev–Trinajstić information content (AvgIpc) is 2.65. The van der Waals surface area contributed by atoms with Gasteiger partial charge >= 0.3 is 0 Å². The maximum Gasteiger partial charge on any atom is 0.142 e. The van der Waals surface area contributed by atoms with Crippen molar-refractivity contribution >= 4 is 11.6 Å². The van der Waals surface area contributed by atoms with Crippen LogP contribution in [0.2, 0.25) is 5.02 Å². The normalized spacial score (nSPS) is 23.8. The van der Waals surface area contributed by atoms with Crippen molar-refractivity contribution in [1.29, 1.82) is 0 Å². The summed E-state index contributed by atoms with van der Waals surface area (Å²) in [4.78, 5) is 0. The second-order valence-electron chi connectivity index (χ2n) is 6.70. The second kappa shape index (κ2) is 4.39. The van der Waals surface area contributed by atoms with Crippen molar-refractivity contribution in [3.8, 4) is 5.75 Å². The molecule has 0 bridgehead atoms. The topological polar surface area (TPSA) is 35.2 Å². The number of nitrogens with two attached hydrogens (primary N) is 1. The molecule has 1 fully saturated rings. The molecular formula is C16H22ClNO. The highest BCUT2D eigenvalue weighted by molar-refractivity contribution is 6.32. The first-order valence-electron chi connectivity index (χ1n) is 7.20. The zero-order valence-corrected chi connectivity index (χ0v) is 12.5. The summed E-state index contributed by atoms with van der Waals surface area (Å²) in [5.74, 6) is 0.856. The summed E-state index contributed by atoms with van der Waals surface area (Å²) < 4.78 is 5.93. The molecule has 1 aromatic rings. The van der Waals surface area contributed by atoms with Gasteiger partial charge in [0.25, 0.3) is 0 Å². The van der Waals surface area contributed by atoms with Crippen LogP contribution < -0.4 is 10.5 Å². The molecule has 1 heterocycles. The van der Waals surface area contributed by atoms with E-state index in [1.807, 2.05) is 6.07 Å². The van der Waals surface area contributed by atoms with E-state index in [-0.39, 0.29) is 11.1 Å². The highest BCUT2D eigenvalue weighted by Gasteiger charge is 2.35. The summed E-state index contributed by atoms with van der Waals surface area (Å²) in [6.45, 7) is 4.20. The zero-order chi connectivity index (χ0) is 13.7. The van der Waals surface area contributed by atoms with E-state index in [0.717, 1.165) is 25.0 Å². The largest absolute Gasteiger partial charge is 0.486 e. The van der Waals surface area contributed by atoms with Gasteiger partial charge in [-0.15, -0.1) is 0 Å². The standard InChI is InChI=1S/C16H22ClNO/c1-15(2)10-11-8-12(9-13(17)14(11)19-15)16(18)6-4-3-5-7-16/h8-9H,3-7,10,18H2,1-2H3. The van der Waals surface area contributed by atoms with E-state index in [1.165, 1.54) is 30.4 Å². The number of benzene rings is 1. The maximum absolute atomic E-state index is 6.61. The molecule has 0 radical (unpaired) electrons. The Morgan fingerprint density at radius 1 is 1.16 bits per heavy atom. The molecule has 0 spiro atoms. The molecule has 2 aliphatic rings. The first kappa shape index (κ1) is 13.3. The van der Waals surface area contributed by atoms with Gasteiger partial charge in [0, 0.05) is 12.0 Å². The Morgan fingerprint density at radius 3 is 2.53 bits per heavy atom. The quantitative estimate of drug-likeness (QED) is 0.837. The van der Waals surface area contributed by atoms with Crippen molar-refractivity contribution < 1.29 is 4.74 Å². The van der Waals surface area contributed by atoms with Crippen LogP contribution in [0.1, 0.15) is 57.1 Å². The van der Waals surface area contributed by atoms with Crippen LogP contribution in [0.25, 0.3) is 0 Å². The summed E-state index contributed by atoms with van der Waals surface area (Å²) in [7, 11) is 0.